The highest BCUT2D eigenvalue weighted by molar-refractivity contribution is 7.99. The lowest BCUT2D eigenvalue weighted by Gasteiger charge is -2.05. The molecule has 0 unspecified atom stereocenters. The lowest BCUT2D eigenvalue weighted by Crippen LogP contribution is -1.97. The van der Waals surface area contributed by atoms with Crippen LogP contribution in [-0.4, -0.2) is 25.9 Å². The molecule has 4 nitrogen and oxygen atoms in total. The Balaban J connectivity index is 2.96. The van der Waals surface area contributed by atoms with E-state index in [0.717, 1.165) is 11.7 Å². The second-order valence-electron chi connectivity index (χ2n) is 3.17. The molecule has 0 saturated carbocycles. The molecule has 0 aliphatic carbocycles. The van der Waals surface area contributed by atoms with Crippen molar-refractivity contribution in [1.29, 1.82) is 0 Å². The number of aryl methyl sites for hydroxylation is 1. The van der Waals surface area contributed by atoms with Crippen LogP contribution in [0.3, 0.4) is 0 Å². The summed E-state index contributed by atoms with van der Waals surface area (Å²) in [5.74, 6) is -0.970. The fourth-order valence-corrected chi connectivity index (χ4v) is 1.92. The van der Waals surface area contributed by atoms with Crippen LogP contribution in [0.1, 0.15) is 31.3 Å². The van der Waals surface area contributed by atoms with E-state index in [1.807, 2.05) is 11.5 Å². The molecule has 1 rings (SSSR count). The molecule has 14 heavy (non-hydrogen) atoms. The maximum absolute atomic E-state index is 10.7. The van der Waals surface area contributed by atoms with Crippen molar-refractivity contribution in [2.75, 3.05) is 0 Å². The molecule has 0 radical (unpaired) electrons. The zero-order valence-corrected chi connectivity index (χ0v) is 9.34. The summed E-state index contributed by atoms with van der Waals surface area (Å²) in [5, 5.41) is 9.95. The van der Waals surface area contributed by atoms with Crippen LogP contribution in [0, 0.1) is 0 Å². The molecule has 0 fully saturated rings. The Morgan fingerprint density at radius 2 is 2.36 bits per heavy atom. The van der Waals surface area contributed by atoms with E-state index in [2.05, 4.69) is 18.8 Å². The van der Waals surface area contributed by atoms with E-state index in [0.29, 0.717) is 5.25 Å². The Kier molecular flexibility index (Phi) is 3.57. The number of imidazole rings is 1. The third kappa shape index (κ3) is 2.51. The Morgan fingerprint density at radius 3 is 2.79 bits per heavy atom. The van der Waals surface area contributed by atoms with E-state index in [4.69, 9.17) is 5.11 Å². The number of carbonyl (C=O) groups is 1. The number of aromatic nitrogens is 2. The van der Waals surface area contributed by atoms with E-state index in [1.165, 1.54) is 0 Å². The number of hydrogen-bond donors (Lipinski definition) is 1. The van der Waals surface area contributed by atoms with Crippen molar-refractivity contribution in [1.82, 2.24) is 9.55 Å². The largest absolute Gasteiger partial charge is 0.476 e. The number of thioether (sulfide) groups is 1. The summed E-state index contributed by atoms with van der Waals surface area (Å²) in [4.78, 5) is 14.7. The summed E-state index contributed by atoms with van der Waals surface area (Å²) < 4.78 is 1.86. The van der Waals surface area contributed by atoms with Gasteiger partial charge in [0.2, 0.25) is 0 Å². The minimum absolute atomic E-state index is 0.120. The Hall–Kier alpha value is -0.970. The second-order valence-corrected chi connectivity index (χ2v) is 4.71. The van der Waals surface area contributed by atoms with Crippen LogP contribution in [0.4, 0.5) is 0 Å². The van der Waals surface area contributed by atoms with Crippen molar-refractivity contribution >= 4 is 17.7 Å². The highest BCUT2D eigenvalue weighted by Gasteiger charge is 2.13. The van der Waals surface area contributed by atoms with Crippen molar-refractivity contribution in [3.05, 3.63) is 11.9 Å². The molecule has 0 saturated heterocycles. The van der Waals surface area contributed by atoms with E-state index in [9.17, 15) is 4.79 Å². The normalized spacial score (nSPS) is 10.9. The van der Waals surface area contributed by atoms with Crippen LogP contribution < -0.4 is 0 Å². The number of aromatic carboxylic acids is 1. The quantitative estimate of drug-likeness (QED) is 0.780. The van der Waals surface area contributed by atoms with Gasteiger partial charge in [0, 0.05) is 18.0 Å². The van der Waals surface area contributed by atoms with Gasteiger partial charge in [-0.3, -0.25) is 0 Å². The van der Waals surface area contributed by atoms with Gasteiger partial charge < -0.3 is 9.67 Å². The molecule has 0 bridgehead atoms. The predicted octanol–water partition coefficient (Wildman–Crippen LogP) is 2.10. The molecule has 1 aromatic rings. The first-order valence-corrected chi connectivity index (χ1v) is 5.39. The summed E-state index contributed by atoms with van der Waals surface area (Å²) in [6.07, 6.45) is 1.58. The topological polar surface area (TPSA) is 55.1 Å². The maximum Gasteiger partial charge on any atom is 0.356 e. The molecular weight excluding hydrogens is 200 g/mol. The first-order chi connectivity index (χ1) is 6.54. The monoisotopic (exact) mass is 214 g/mol. The molecule has 5 heteroatoms. The zero-order chi connectivity index (χ0) is 10.7. The van der Waals surface area contributed by atoms with Crippen LogP contribution in [0.2, 0.25) is 0 Å². The third-order valence-electron chi connectivity index (χ3n) is 1.64. The molecule has 1 heterocycles. The minimum Gasteiger partial charge on any atom is -0.476 e. The van der Waals surface area contributed by atoms with Crippen LogP contribution in [0.25, 0.3) is 0 Å². The summed E-state index contributed by atoms with van der Waals surface area (Å²) >= 11 is 1.58. The SMILES string of the molecule is CCn1cc(C(=O)O)nc1SC(C)C. The fraction of sp³-hybridized carbons (Fsp3) is 0.556. The fourth-order valence-electron chi connectivity index (χ4n) is 1.03. The number of nitrogens with zero attached hydrogens (tertiary/aromatic N) is 2. The van der Waals surface area contributed by atoms with Crippen molar-refractivity contribution in [2.24, 2.45) is 0 Å². The summed E-state index contributed by atoms with van der Waals surface area (Å²) in [7, 11) is 0. The average molecular weight is 214 g/mol. The molecule has 0 aromatic carbocycles. The van der Waals surface area contributed by atoms with Gasteiger partial charge in [0.15, 0.2) is 10.9 Å². The second kappa shape index (κ2) is 4.50. The molecular formula is C9H14N2O2S. The lowest BCUT2D eigenvalue weighted by molar-refractivity contribution is 0.0690. The van der Waals surface area contributed by atoms with Crippen molar-refractivity contribution < 1.29 is 9.90 Å². The first kappa shape index (κ1) is 11.1. The van der Waals surface area contributed by atoms with Crippen LogP contribution in [0.5, 0.6) is 0 Å². The van der Waals surface area contributed by atoms with Gasteiger partial charge in [0.1, 0.15) is 0 Å². The van der Waals surface area contributed by atoms with Crippen molar-refractivity contribution in [2.45, 2.75) is 37.7 Å². The van der Waals surface area contributed by atoms with Crippen molar-refractivity contribution in [3.63, 3.8) is 0 Å². The van der Waals surface area contributed by atoms with Gasteiger partial charge in [0.25, 0.3) is 0 Å². The zero-order valence-electron chi connectivity index (χ0n) is 8.52. The van der Waals surface area contributed by atoms with E-state index >= 15 is 0 Å². The standard InChI is InChI=1S/C9H14N2O2S/c1-4-11-5-7(8(12)13)10-9(11)14-6(2)3/h5-6H,4H2,1-3H3,(H,12,13). The lowest BCUT2D eigenvalue weighted by atomic mass is 10.5. The molecule has 0 aliphatic rings. The number of hydrogen-bond acceptors (Lipinski definition) is 3. The smallest absolute Gasteiger partial charge is 0.356 e. The average Bonchev–Trinajstić information content (AvgIpc) is 2.46. The summed E-state index contributed by atoms with van der Waals surface area (Å²) in [6, 6.07) is 0. The highest BCUT2D eigenvalue weighted by Crippen LogP contribution is 2.22. The van der Waals surface area contributed by atoms with Gasteiger partial charge >= 0.3 is 5.97 Å². The van der Waals surface area contributed by atoms with E-state index in [-0.39, 0.29) is 5.69 Å². The van der Waals surface area contributed by atoms with E-state index in [1.54, 1.807) is 18.0 Å². The number of carboxylic acids is 1. The van der Waals surface area contributed by atoms with Crippen LogP contribution >= 0.6 is 11.8 Å². The summed E-state index contributed by atoms with van der Waals surface area (Å²) in [6.45, 7) is 6.83. The highest BCUT2D eigenvalue weighted by atomic mass is 32.2. The Morgan fingerprint density at radius 1 is 1.71 bits per heavy atom. The first-order valence-electron chi connectivity index (χ1n) is 4.51. The molecule has 1 aromatic heterocycles. The molecule has 1 N–H and O–H groups in total. The molecule has 0 atom stereocenters. The maximum atomic E-state index is 10.7. The molecule has 0 amide bonds. The summed E-state index contributed by atoms with van der Waals surface area (Å²) in [5.41, 5.74) is 0.120. The van der Waals surface area contributed by atoms with Gasteiger partial charge in [-0.1, -0.05) is 25.6 Å². The predicted molar refractivity (Wildman–Crippen MR) is 55.9 cm³/mol. The van der Waals surface area contributed by atoms with Gasteiger partial charge in [0.05, 0.1) is 0 Å². The Labute approximate surface area is 87.3 Å². The van der Waals surface area contributed by atoms with Crippen LogP contribution in [0.15, 0.2) is 11.4 Å². The molecule has 78 valence electrons. The number of rotatable bonds is 4. The van der Waals surface area contributed by atoms with Gasteiger partial charge in [-0.2, -0.15) is 0 Å². The van der Waals surface area contributed by atoms with Gasteiger partial charge in [-0.25, -0.2) is 9.78 Å². The molecule has 0 aliphatic heterocycles. The van der Waals surface area contributed by atoms with E-state index < -0.39 is 5.97 Å². The number of carboxylic acid groups (broad SMARTS) is 1. The van der Waals surface area contributed by atoms with Crippen LogP contribution in [-0.2, 0) is 6.54 Å². The van der Waals surface area contributed by atoms with Gasteiger partial charge in [-0.15, -0.1) is 0 Å². The third-order valence-corrected chi connectivity index (χ3v) is 2.65. The molecule has 0 spiro atoms. The van der Waals surface area contributed by atoms with Gasteiger partial charge in [-0.05, 0) is 6.92 Å². The van der Waals surface area contributed by atoms with Crippen molar-refractivity contribution in [3.8, 4) is 0 Å². The minimum atomic E-state index is -0.970. The Bertz CT molecular complexity index is 334.